The van der Waals surface area contributed by atoms with Crippen LogP contribution >= 0.6 is 0 Å². The third-order valence-electron chi connectivity index (χ3n) is 2.67. The summed E-state index contributed by atoms with van der Waals surface area (Å²) >= 11 is 0. The van der Waals surface area contributed by atoms with Gasteiger partial charge in [0.25, 0.3) is 5.91 Å². The quantitative estimate of drug-likeness (QED) is 0.804. The predicted octanol–water partition coefficient (Wildman–Crippen LogP) is 1.67. The number of hydrogen-bond donors (Lipinski definition) is 2. The number of carbonyl (C=O) groups excluding carboxylic acids is 1. The molecule has 20 heavy (non-hydrogen) atoms. The lowest BCUT2D eigenvalue weighted by atomic mass is 10.0. The predicted molar refractivity (Wildman–Crippen MR) is 79.7 cm³/mol. The zero-order chi connectivity index (χ0) is 15.2. The average Bonchev–Trinajstić information content (AvgIpc) is 2.41. The molecule has 5 nitrogen and oxygen atoms in total. The first kappa shape index (κ1) is 16.7. The first-order chi connectivity index (χ1) is 9.37. The summed E-state index contributed by atoms with van der Waals surface area (Å²) in [5.41, 5.74) is 1.24. The summed E-state index contributed by atoms with van der Waals surface area (Å²) in [6, 6.07) is 7.52. The second-order valence-electron chi connectivity index (χ2n) is 4.54. The fourth-order valence-electron chi connectivity index (χ4n) is 1.75. The molecule has 1 amide bonds. The van der Waals surface area contributed by atoms with Crippen LogP contribution in [-0.2, 0) is 10.0 Å². The van der Waals surface area contributed by atoms with Gasteiger partial charge in [-0.2, -0.15) is 0 Å². The van der Waals surface area contributed by atoms with Gasteiger partial charge in [-0.25, -0.2) is 13.1 Å². The second kappa shape index (κ2) is 7.40. The van der Waals surface area contributed by atoms with Crippen LogP contribution in [-0.4, -0.2) is 27.1 Å². The minimum atomic E-state index is -3.32. The first-order valence-electron chi connectivity index (χ1n) is 6.59. The van der Waals surface area contributed by atoms with Crippen molar-refractivity contribution in [2.24, 2.45) is 0 Å². The van der Waals surface area contributed by atoms with Crippen molar-refractivity contribution in [2.75, 3.05) is 12.8 Å². The lowest BCUT2D eigenvalue weighted by Crippen LogP contribution is -2.28. The van der Waals surface area contributed by atoms with E-state index < -0.39 is 10.0 Å². The molecule has 111 valence electrons. The van der Waals surface area contributed by atoms with Gasteiger partial charge in [-0.1, -0.05) is 26.0 Å². The maximum Gasteiger partial charge on any atom is 0.251 e. The molecule has 0 fully saturated rings. The van der Waals surface area contributed by atoms with Crippen LogP contribution in [0.25, 0.3) is 0 Å². The standard InChI is InChI=1S/C14H21N2O3S/c1-4-9-15-14(17)12-8-6-7-11(10-12)13(5-2)16-20(3,18)19/h6-8,10,16H,4-5,9H2,1-3H3,(H,15,17). The van der Waals surface area contributed by atoms with Crippen LogP contribution < -0.4 is 10.0 Å². The van der Waals surface area contributed by atoms with Crippen molar-refractivity contribution in [3.63, 3.8) is 0 Å². The van der Waals surface area contributed by atoms with Crippen LogP contribution in [0.15, 0.2) is 24.3 Å². The lowest BCUT2D eigenvalue weighted by Gasteiger charge is -2.15. The van der Waals surface area contributed by atoms with Gasteiger partial charge in [0, 0.05) is 12.1 Å². The molecule has 1 radical (unpaired) electrons. The van der Waals surface area contributed by atoms with Gasteiger partial charge in [-0.3, -0.25) is 4.79 Å². The molecule has 0 saturated heterocycles. The van der Waals surface area contributed by atoms with E-state index in [9.17, 15) is 13.2 Å². The van der Waals surface area contributed by atoms with Crippen molar-refractivity contribution in [3.8, 4) is 0 Å². The third-order valence-corrected chi connectivity index (χ3v) is 3.29. The van der Waals surface area contributed by atoms with Crippen LogP contribution in [0.1, 0.15) is 42.6 Å². The van der Waals surface area contributed by atoms with Gasteiger partial charge in [-0.15, -0.1) is 0 Å². The Balaban J connectivity index is 2.93. The maximum absolute atomic E-state index is 11.9. The number of hydrogen-bond acceptors (Lipinski definition) is 3. The van der Waals surface area contributed by atoms with Crippen molar-refractivity contribution in [2.45, 2.75) is 26.7 Å². The summed E-state index contributed by atoms with van der Waals surface area (Å²) in [5, 5.41) is 2.79. The van der Waals surface area contributed by atoms with Gasteiger partial charge in [0.15, 0.2) is 0 Å². The Morgan fingerprint density at radius 1 is 1.20 bits per heavy atom. The Kier molecular flexibility index (Phi) is 6.16. The monoisotopic (exact) mass is 297 g/mol. The van der Waals surface area contributed by atoms with Gasteiger partial charge in [-0.05, 0) is 30.5 Å². The Bertz CT molecular complexity index is 555. The zero-order valence-electron chi connectivity index (χ0n) is 12.1. The number of sulfonamides is 1. The molecule has 0 aliphatic carbocycles. The van der Waals surface area contributed by atoms with E-state index in [2.05, 4.69) is 10.0 Å². The summed E-state index contributed by atoms with van der Waals surface area (Å²) in [6.45, 7) is 4.46. The normalized spacial score (nSPS) is 11.6. The highest BCUT2D eigenvalue weighted by Crippen LogP contribution is 2.17. The van der Waals surface area contributed by atoms with Crippen LogP contribution in [0.2, 0.25) is 0 Å². The number of nitrogens with one attached hydrogen (secondary N) is 2. The average molecular weight is 297 g/mol. The highest BCUT2D eigenvalue weighted by molar-refractivity contribution is 7.88. The fourth-order valence-corrected chi connectivity index (χ4v) is 2.46. The van der Waals surface area contributed by atoms with Crippen molar-refractivity contribution < 1.29 is 13.2 Å². The molecule has 6 heteroatoms. The summed E-state index contributed by atoms with van der Waals surface area (Å²) in [5.74, 6) is -0.150. The fraction of sp³-hybridized carbons (Fsp3) is 0.429. The molecule has 2 N–H and O–H groups in total. The van der Waals surface area contributed by atoms with Crippen LogP contribution in [0, 0.1) is 6.04 Å². The molecule has 0 aliphatic heterocycles. The van der Waals surface area contributed by atoms with E-state index in [1.54, 1.807) is 24.3 Å². The highest BCUT2D eigenvalue weighted by atomic mass is 32.2. The van der Waals surface area contributed by atoms with Gasteiger partial charge in [0.1, 0.15) is 0 Å². The van der Waals surface area contributed by atoms with E-state index in [0.29, 0.717) is 30.1 Å². The number of carbonyl (C=O) groups is 1. The minimum absolute atomic E-state index is 0.150. The van der Waals surface area contributed by atoms with E-state index in [0.717, 1.165) is 12.7 Å². The smallest absolute Gasteiger partial charge is 0.251 e. The number of rotatable bonds is 7. The van der Waals surface area contributed by atoms with Crippen molar-refractivity contribution in [1.29, 1.82) is 0 Å². The minimum Gasteiger partial charge on any atom is -0.352 e. The molecular formula is C14H21N2O3S. The highest BCUT2D eigenvalue weighted by Gasteiger charge is 2.16. The Morgan fingerprint density at radius 3 is 2.40 bits per heavy atom. The lowest BCUT2D eigenvalue weighted by molar-refractivity contribution is 0.0953. The third kappa shape index (κ3) is 5.30. The van der Waals surface area contributed by atoms with Crippen molar-refractivity contribution in [1.82, 2.24) is 10.0 Å². The molecule has 1 rings (SSSR count). The Hall–Kier alpha value is -1.40. The molecule has 1 aromatic carbocycles. The second-order valence-corrected chi connectivity index (χ2v) is 6.29. The van der Waals surface area contributed by atoms with Crippen LogP contribution in [0.5, 0.6) is 0 Å². The Labute approximate surface area is 120 Å². The molecule has 0 atom stereocenters. The van der Waals surface area contributed by atoms with Gasteiger partial charge in [0.05, 0.1) is 12.3 Å². The van der Waals surface area contributed by atoms with Crippen molar-refractivity contribution in [3.05, 3.63) is 41.4 Å². The molecule has 0 unspecified atom stereocenters. The summed E-state index contributed by atoms with van der Waals surface area (Å²) in [7, 11) is -3.32. The van der Waals surface area contributed by atoms with E-state index >= 15 is 0 Å². The largest absolute Gasteiger partial charge is 0.352 e. The van der Waals surface area contributed by atoms with Gasteiger partial charge in [0.2, 0.25) is 10.0 Å². The molecule has 0 spiro atoms. The molecular weight excluding hydrogens is 276 g/mol. The summed E-state index contributed by atoms with van der Waals surface area (Å²) in [6.07, 6.45) is 2.51. The molecule has 1 aromatic rings. The van der Waals surface area contributed by atoms with Crippen molar-refractivity contribution >= 4 is 15.9 Å². The van der Waals surface area contributed by atoms with E-state index in [1.807, 2.05) is 13.8 Å². The van der Waals surface area contributed by atoms with Gasteiger partial charge >= 0.3 is 0 Å². The van der Waals surface area contributed by atoms with E-state index in [1.165, 1.54) is 0 Å². The first-order valence-corrected chi connectivity index (χ1v) is 8.48. The molecule has 0 heterocycles. The topological polar surface area (TPSA) is 75.3 Å². The Morgan fingerprint density at radius 2 is 1.85 bits per heavy atom. The zero-order valence-corrected chi connectivity index (χ0v) is 12.9. The SMILES string of the molecule is CCCNC(=O)c1cccc([C](CC)NS(C)(=O)=O)c1. The molecule has 0 aliphatic rings. The van der Waals surface area contributed by atoms with Crippen LogP contribution in [0.3, 0.4) is 0 Å². The van der Waals surface area contributed by atoms with Crippen LogP contribution in [0.4, 0.5) is 0 Å². The van der Waals surface area contributed by atoms with E-state index in [-0.39, 0.29) is 5.91 Å². The summed E-state index contributed by atoms with van der Waals surface area (Å²) in [4.78, 5) is 11.9. The number of amides is 1. The van der Waals surface area contributed by atoms with E-state index in [4.69, 9.17) is 0 Å². The molecule has 0 bridgehead atoms. The molecule has 0 aromatic heterocycles. The number of benzene rings is 1. The molecule has 0 saturated carbocycles. The van der Waals surface area contributed by atoms with Gasteiger partial charge < -0.3 is 5.32 Å². The maximum atomic E-state index is 11.9. The summed E-state index contributed by atoms with van der Waals surface area (Å²) < 4.78 is 25.1.